The van der Waals surface area contributed by atoms with Crippen LogP contribution in [0.4, 0.5) is 0 Å². The third-order valence-corrected chi connectivity index (χ3v) is 4.57. The highest BCUT2D eigenvalue weighted by atomic mass is 16.5. The molecule has 5 nitrogen and oxygen atoms in total. The summed E-state index contributed by atoms with van der Waals surface area (Å²) in [6.45, 7) is 7.14. The van der Waals surface area contributed by atoms with Crippen LogP contribution in [0.1, 0.15) is 31.7 Å². The fourth-order valence-electron chi connectivity index (χ4n) is 3.03. The van der Waals surface area contributed by atoms with Crippen LogP contribution >= 0.6 is 0 Å². The van der Waals surface area contributed by atoms with Crippen molar-refractivity contribution in [2.75, 3.05) is 46.9 Å². The van der Waals surface area contributed by atoms with E-state index in [1.54, 1.807) is 7.11 Å². The Bertz CT molecular complexity index is 490. The highest BCUT2D eigenvalue weighted by molar-refractivity contribution is 5.43. The number of nitrogens with zero attached hydrogens (tertiary/aromatic N) is 2. The smallest absolute Gasteiger partial charge is 0.161 e. The van der Waals surface area contributed by atoms with Crippen LogP contribution in [0.2, 0.25) is 0 Å². The Labute approximate surface area is 146 Å². The van der Waals surface area contributed by atoms with Crippen molar-refractivity contribution in [3.05, 3.63) is 23.8 Å². The minimum absolute atomic E-state index is 0.292. The fraction of sp³-hybridized carbons (Fsp3) is 0.684. The summed E-state index contributed by atoms with van der Waals surface area (Å²) < 4.78 is 11.3. The maximum atomic E-state index is 10.3. The molecule has 1 aromatic carbocycles. The number of aliphatic hydroxyl groups excluding tert-OH is 1. The van der Waals surface area contributed by atoms with E-state index >= 15 is 0 Å². The van der Waals surface area contributed by atoms with E-state index in [2.05, 4.69) is 29.8 Å². The summed E-state index contributed by atoms with van der Waals surface area (Å²) in [6.07, 6.45) is 3.29. The van der Waals surface area contributed by atoms with E-state index in [-0.39, 0.29) is 0 Å². The molecular formula is C19H32N2O3. The second-order valence-corrected chi connectivity index (χ2v) is 6.64. The largest absolute Gasteiger partial charge is 0.493 e. The van der Waals surface area contributed by atoms with E-state index in [4.69, 9.17) is 9.47 Å². The molecule has 0 saturated carbocycles. The lowest BCUT2D eigenvalue weighted by molar-refractivity contribution is 0.0608. The first kappa shape index (κ1) is 19.0. The molecule has 1 saturated heterocycles. The Morgan fingerprint density at radius 3 is 2.62 bits per heavy atom. The minimum atomic E-state index is -0.477. The van der Waals surface area contributed by atoms with E-state index < -0.39 is 6.10 Å². The summed E-state index contributed by atoms with van der Waals surface area (Å²) >= 11 is 0. The summed E-state index contributed by atoms with van der Waals surface area (Å²) in [5, 5.41) is 10.3. The Morgan fingerprint density at radius 1 is 1.21 bits per heavy atom. The number of aliphatic hydroxyl groups is 1. The number of piperidine rings is 1. The molecule has 1 heterocycles. The minimum Gasteiger partial charge on any atom is -0.493 e. The topological polar surface area (TPSA) is 45.2 Å². The lowest BCUT2D eigenvalue weighted by atomic mass is 10.1. The molecule has 24 heavy (non-hydrogen) atoms. The molecule has 1 aliphatic rings. The van der Waals surface area contributed by atoms with Gasteiger partial charge in [0.2, 0.25) is 0 Å². The van der Waals surface area contributed by atoms with Crippen LogP contribution in [-0.4, -0.2) is 68.0 Å². The van der Waals surface area contributed by atoms with Gasteiger partial charge < -0.3 is 24.4 Å². The molecule has 0 radical (unpaired) electrons. The molecule has 1 aliphatic heterocycles. The maximum absolute atomic E-state index is 10.3. The molecule has 0 bridgehead atoms. The molecule has 1 fully saturated rings. The van der Waals surface area contributed by atoms with Gasteiger partial charge in [0.1, 0.15) is 12.7 Å². The summed E-state index contributed by atoms with van der Waals surface area (Å²) in [5.74, 6) is 1.42. The van der Waals surface area contributed by atoms with Crippen molar-refractivity contribution >= 4 is 0 Å². The van der Waals surface area contributed by atoms with Gasteiger partial charge in [-0.1, -0.05) is 19.4 Å². The number of rotatable bonds is 9. The Morgan fingerprint density at radius 2 is 1.96 bits per heavy atom. The molecule has 1 aromatic rings. The molecule has 0 spiro atoms. The molecule has 5 heteroatoms. The van der Waals surface area contributed by atoms with Crippen LogP contribution in [0.3, 0.4) is 0 Å². The first-order valence-electron chi connectivity index (χ1n) is 9.01. The number of hydrogen-bond acceptors (Lipinski definition) is 5. The van der Waals surface area contributed by atoms with Gasteiger partial charge in [-0.15, -0.1) is 0 Å². The van der Waals surface area contributed by atoms with E-state index in [1.807, 2.05) is 12.1 Å². The molecule has 136 valence electrons. The number of likely N-dealkylation sites (tertiary alicyclic amines) is 1. The molecule has 0 aliphatic carbocycles. The van der Waals surface area contributed by atoms with Gasteiger partial charge in [-0.05, 0) is 57.2 Å². The zero-order chi connectivity index (χ0) is 17.4. The number of ether oxygens (including phenoxy) is 2. The molecule has 0 amide bonds. The second kappa shape index (κ2) is 9.87. The number of methoxy groups -OCH3 is 1. The van der Waals surface area contributed by atoms with Crippen molar-refractivity contribution in [3.63, 3.8) is 0 Å². The monoisotopic (exact) mass is 336 g/mol. The lowest BCUT2D eigenvalue weighted by Crippen LogP contribution is -2.38. The van der Waals surface area contributed by atoms with Gasteiger partial charge in [0, 0.05) is 13.1 Å². The van der Waals surface area contributed by atoms with Crippen LogP contribution in [0.15, 0.2) is 18.2 Å². The van der Waals surface area contributed by atoms with Gasteiger partial charge in [0.05, 0.1) is 7.11 Å². The van der Waals surface area contributed by atoms with Gasteiger partial charge in [0.15, 0.2) is 11.5 Å². The van der Waals surface area contributed by atoms with E-state index in [0.717, 1.165) is 26.2 Å². The number of benzene rings is 1. The Hall–Kier alpha value is -1.30. The molecule has 2 rings (SSSR count). The average molecular weight is 336 g/mol. The van der Waals surface area contributed by atoms with Crippen molar-refractivity contribution in [1.29, 1.82) is 0 Å². The Balaban J connectivity index is 1.90. The summed E-state index contributed by atoms with van der Waals surface area (Å²) in [4.78, 5) is 4.55. The maximum Gasteiger partial charge on any atom is 0.161 e. The van der Waals surface area contributed by atoms with E-state index in [1.165, 1.54) is 24.8 Å². The van der Waals surface area contributed by atoms with Crippen molar-refractivity contribution in [2.45, 2.75) is 38.8 Å². The number of β-amino-alcohol motifs (C(OH)–C–C–N with tert-alkyl or cyclic N) is 1. The summed E-state index contributed by atoms with van der Waals surface area (Å²) in [6, 6.07) is 6.01. The molecule has 0 aromatic heterocycles. The molecule has 1 N–H and O–H groups in total. The molecule has 1 atom stereocenters. The van der Waals surface area contributed by atoms with Crippen molar-refractivity contribution in [1.82, 2.24) is 9.80 Å². The zero-order valence-electron chi connectivity index (χ0n) is 15.3. The predicted octanol–water partition coefficient (Wildman–Crippen LogP) is 2.37. The first-order chi connectivity index (χ1) is 11.6. The Kier molecular flexibility index (Phi) is 7.82. The molecule has 0 unspecified atom stereocenters. The molecular weight excluding hydrogens is 304 g/mol. The predicted molar refractivity (Wildman–Crippen MR) is 96.8 cm³/mol. The van der Waals surface area contributed by atoms with Gasteiger partial charge in [-0.3, -0.25) is 0 Å². The second-order valence-electron chi connectivity index (χ2n) is 6.64. The third kappa shape index (κ3) is 5.96. The normalized spacial score (nSPS) is 17.0. The highest BCUT2D eigenvalue weighted by Gasteiger charge is 2.16. The van der Waals surface area contributed by atoms with Crippen molar-refractivity contribution < 1.29 is 14.6 Å². The average Bonchev–Trinajstić information content (AvgIpc) is 2.61. The number of hydrogen-bond donors (Lipinski definition) is 1. The van der Waals surface area contributed by atoms with E-state index in [0.29, 0.717) is 24.7 Å². The lowest BCUT2D eigenvalue weighted by Gasteiger charge is -2.28. The van der Waals surface area contributed by atoms with E-state index in [9.17, 15) is 5.11 Å². The van der Waals surface area contributed by atoms with Gasteiger partial charge >= 0.3 is 0 Å². The standard InChI is InChI=1S/C19H32N2O3/c1-4-20(2)13-16-8-9-18(23-3)19(12-16)24-15-17(22)14-21-10-6-5-7-11-21/h8-9,12,17,22H,4-7,10-11,13-15H2,1-3H3/t17-/m0/s1. The van der Waals surface area contributed by atoms with Gasteiger partial charge in [0.25, 0.3) is 0 Å². The van der Waals surface area contributed by atoms with Crippen LogP contribution in [0.5, 0.6) is 11.5 Å². The van der Waals surface area contributed by atoms with Gasteiger partial charge in [-0.2, -0.15) is 0 Å². The SMILES string of the molecule is CCN(C)Cc1ccc(OC)c(OC[C@@H](O)CN2CCCCC2)c1. The third-order valence-electron chi connectivity index (χ3n) is 4.57. The zero-order valence-corrected chi connectivity index (χ0v) is 15.3. The van der Waals surface area contributed by atoms with Gasteiger partial charge in [-0.25, -0.2) is 0 Å². The first-order valence-corrected chi connectivity index (χ1v) is 9.01. The van der Waals surface area contributed by atoms with Crippen molar-refractivity contribution in [2.24, 2.45) is 0 Å². The van der Waals surface area contributed by atoms with Crippen molar-refractivity contribution in [3.8, 4) is 11.5 Å². The quantitative estimate of drug-likeness (QED) is 0.750. The fourth-order valence-corrected chi connectivity index (χ4v) is 3.03. The summed E-state index contributed by atoms with van der Waals surface area (Å²) in [7, 11) is 3.73. The highest BCUT2D eigenvalue weighted by Crippen LogP contribution is 2.28. The van der Waals surface area contributed by atoms with Crippen LogP contribution in [0.25, 0.3) is 0 Å². The van der Waals surface area contributed by atoms with Crippen LogP contribution < -0.4 is 9.47 Å². The van der Waals surface area contributed by atoms with Crippen LogP contribution in [-0.2, 0) is 6.54 Å². The van der Waals surface area contributed by atoms with Crippen LogP contribution in [0, 0.1) is 0 Å². The summed E-state index contributed by atoms with van der Waals surface area (Å²) in [5.41, 5.74) is 1.18.